The normalized spacial score (nSPS) is 14.3. The molecule has 0 unspecified atom stereocenters. The Hall–Kier alpha value is -2.03. The maximum Gasteiger partial charge on any atom is 0.203 e. The molecule has 1 aromatic heterocycles. The predicted molar refractivity (Wildman–Crippen MR) is 108 cm³/mol. The molecule has 1 heterocycles. The second-order valence-corrected chi connectivity index (χ2v) is 7.39. The van der Waals surface area contributed by atoms with Gasteiger partial charge in [0.15, 0.2) is 22.9 Å². The number of ether oxygens (including phenoxy) is 4. The Morgan fingerprint density at radius 1 is 1.00 bits per heavy atom. The topological polar surface area (TPSA) is 82.9 Å². The Bertz CT molecular complexity index is 805. The fourth-order valence-electron chi connectivity index (χ4n) is 3.31. The lowest BCUT2D eigenvalue weighted by Crippen LogP contribution is -2.14. The molecule has 0 saturated heterocycles. The molecular weight excluding hydrogens is 380 g/mol. The lowest BCUT2D eigenvalue weighted by atomic mass is 9.92. The summed E-state index contributed by atoms with van der Waals surface area (Å²) in [7, 11) is 6.26. The summed E-state index contributed by atoms with van der Waals surface area (Å²) in [6.45, 7) is 0. The van der Waals surface area contributed by atoms with Crippen molar-refractivity contribution in [1.82, 2.24) is 9.97 Å². The predicted octanol–water partition coefficient (Wildman–Crippen LogP) is 3.11. The summed E-state index contributed by atoms with van der Waals surface area (Å²) >= 11 is 1.38. The minimum Gasteiger partial charge on any atom is -0.493 e. The highest BCUT2D eigenvalue weighted by molar-refractivity contribution is 7.99. The zero-order valence-corrected chi connectivity index (χ0v) is 17.5. The highest BCUT2D eigenvalue weighted by Crippen LogP contribution is 2.42. The molecule has 0 fully saturated rings. The minimum absolute atomic E-state index is 0.365. The molecule has 1 aromatic carbocycles. The molecule has 0 bridgehead atoms. The fraction of sp³-hybridized carbons (Fsp3) is 0.500. The number of aromatic nitrogens is 2. The molecule has 2 aromatic rings. The van der Waals surface area contributed by atoms with Gasteiger partial charge >= 0.3 is 0 Å². The van der Waals surface area contributed by atoms with E-state index in [4.69, 9.17) is 28.9 Å². The van der Waals surface area contributed by atoms with Crippen LogP contribution in [0, 0.1) is 0 Å². The lowest BCUT2D eigenvalue weighted by Gasteiger charge is -2.20. The van der Waals surface area contributed by atoms with Gasteiger partial charge in [0.2, 0.25) is 5.75 Å². The van der Waals surface area contributed by atoms with E-state index in [2.05, 4.69) is 0 Å². The van der Waals surface area contributed by atoms with Crippen molar-refractivity contribution in [1.29, 1.82) is 0 Å². The van der Waals surface area contributed by atoms with Crippen LogP contribution in [0.25, 0.3) is 11.3 Å². The molecule has 8 heteroatoms. The first-order valence-electron chi connectivity index (χ1n) is 9.15. The molecule has 3 rings (SSSR count). The summed E-state index contributed by atoms with van der Waals surface area (Å²) in [6.07, 6.45) is 3.24. The number of hydrogen-bond acceptors (Lipinski definition) is 8. The molecule has 152 valence electrons. The van der Waals surface area contributed by atoms with Crippen molar-refractivity contribution in [3.8, 4) is 28.5 Å². The smallest absolute Gasteiger partial charge is 0.203 e. The number of methoxy groups -OCH3 is 4. The maximum absolute atomic E-state index is 9.69. The van der Waals surface area contributed by atoms with Gasteiger partial charge in [0.25, 0.3) is 0 Å². The Morgan fingerprint density at radius 2 is 1.68 bits per heavy atom. The Kier molecular flexibility index (Phi) is 6.98. The zero-order chi connectivity index (χ0) is 20.1. The molecule has 0 radical (unpaired) electrons. The number of aliphatic hydroxyl groups excluding tert-OH is 1. The van der Waals surface area contributed by atoms with Gasteiger partial charge in [-0.2, -0.15) is 0 Å². The van der Waals surface area contributed by atoms with Crippen molar-refractivity contribution in [2.24, 2.45) is 0 Å². The van der Waals surface area contributed by atoms with E-state index in [-0.39, 0.29) is 0 Å². The van der Waals surface area contributed by atoms with Gasteiger partial charge in [-0.25, -0.2) is 9.97 Å². The number of hydrogen-bond donors (Lipinski definition) is 1. The first-order valence-corrected chi connectivity index (χ1v) is 10.1. The van der Waals surface area contributed by atoms with Crippen molar-refractivity contribution in [2.45, 2.75) is 37.1 Å². The molecule has 1 atom stereocenters. The average molecular weight is 407 g/mol. The molecule has 1 aliphatic carbocycles. The first kappa shape index (κ1) is 20.7. The van der Waals surface area contributed by atoms with Crippen LogP contribution in [-0.2, 0) is 17.6 Å². The summed E-state index contributed by atoms with van der Waals surface area (Å²) in [5, 5.41) is 10.3. The third-order valence-electron chi connectivity index (χ3n) is 4.73. The molecule has 0 aliphatic heterocycles. The van der Waals surface area contributed by atoms with Gasteiger partial charge in [-0.3, -0.25) is 0 Å². The molecule has 7 nitrogen and oxygen atoms in total. The number of thioether (sulfide) groups is 1. The second-order valence-electron chi connectivity index (χ2n) is 6.40. The van der Waals surface area contributed by atoms with Crippen LogP contribution >= 0.6 is 11.8 Å². The van der Waals surface area contributed by atoms with E-state index >= 15 is 0 Å². The summed E-state index contributed by atoms with van der Waals surface area (Å²) in [6, 6.07) is 3.83. The zero-order valence-electron chi connectivity index (χ0n) is 16.7. The van der Waals surface area contributed by atoms with Crippen LogP contribution in [0.5, 0.6) is 17.2 Å². The van der Waals surface area contributed by atoms with E-state index < -0.39 is 6.29 Å². The third-order valence-corrected chi connectivity index (χ3v) is 5.62. The van der Waals surface area contributed by atoms with Crippen molar-refractivity contribution in [2.75, 3.05) is 34.2 Å². The quantitative estimate of drug-likeness (QED) is 0.407. The van der Waals surface area contributed by atoms with Crippen LogP contribution in [0.1, 0.15) is 24.1 Å². The van der Waals surface area contributed by atoms with Crippen molar-refractivity contribution in [3.05, 3.63) is 23.4 Å². The Morgan fingerprint density at radius 3 is 2.29 bits per heavy atom. The van der Waals surface area contributed by atoms with Crippen molar-refractivity contribution < 1.29 is 24.1 Å². The molecule has 0 amide bonds. The molecule has 0 spiro atoms. The fourth-order valence-corrected chi connectivity index (χ4v) is 4.06. The van der Waals surface area contributed by atoms with Gasteiger partial charge in [0.05, 0.1) is 32.8 Å². The van der Waals surface area contributed by atoms with Crippen LogP contribution < -0.4 is 14.2 Å². The first-order chi connectivity index (χ1) is 13.6. The molecule has 28 heavy (non-hydrogen) atoms. The summed E-state index contributed by atoms with van der Waals surface area (Å²) in [4.78, 5) is 9.52. The SMILES string of the molecule is COc1cc(-c2nc(SC[C@H](O)OC)nc3c2CCCC3)cc(OC)c1OC. The number of benzene rings is 1. The standard InChI is InChI=1S/C20H26N2O5S/c1-24-15-9-12(10-16(25-2)19(15)27-4)18-13-7-5-6-8-14(13)21-20(22-18)28-11-17(23)26-3/h9-10,17,23H,5-8,11H2,1-4H3/t17-/m1/s1. The lowest BCUT2D eigenvalue weighted by molar-refractivity contribution is -0.0546. The monoisotopic (exact) mass is 406 g/mol. The van der Waals surface area contributed by atoms with Gasteiger partial charge in [-0.1, -0.05) is 11.8 Å². The van der Waals surface area contributed by atoms with E-state index in [1.807, 2.05) is 12.1 Å². The molecular formula is C20H26N2O5S. The van der Waals surface area contributed by atoms with Gasteiger partial charge in [-0.05, 0) is 37.8 Å². The van der Waals surface area contributed by atoms with E-state index in [1.54, 1.807) is 21.3 Å². The molecule has 1 N–H and O–H groups in total. The highest BCUT2D eigenvalue weighted by atomic mass is 32.2. The van der Waals surface area contributed by atoms with Gasteiger partial charge < -0.3 is 24.1 Å². The van der Waals surface area contributed by atoms with Crippen LogP contribution in [0.3, 0.4) is 0 Å². The largest absolute Gasteiger partial charge is 0.493 e. The van der Waals surface area contributed by atoms with Crippen molar-refractivity contribution in [3.63, 3.8) is 0 Å². The Labute approximate surface area is 169 Å². The van der Waals surface area contributed by atoms with E-state index in [1.165, 1.54) is 18.9 Å². The van der Waals surface area contributed by atoms with Crippen LogP contribution in [0.15, 0.2) is 17.3 Å². The number of aryl methyl sites for hydroxylation is 1. The van der Waals surface area contributed by atoms with Crippen molar-refractivity contribution >= 4 is 11.8 Å². The van der Waals surface area contributed by atoms with Gasteiger partial charge in [0.1, 0.15) is 0 Å². The summed E-state index contributed by atoms with van der Waals surface area (Å²) < 4.78 is 21.4. The molecule has 1 aliphatic rings. The van der Waals surface area contributed by atoms with Gasteiger partial charge in [0, 0.05) is 23.9 Å². The minimum atomic E-state index is -0.853. The third kappa shape index (κ3) is 4.34. The van der Waals surface area contributed by atoms with Crippen LogP contribution in [-0.4, -0.2) is 55.6 Å². The van der Waals surface area contributed by atoms with Crippen LogP contribution in [0.4, 0.5) is 0 Å². The van der Waals surface area contributed by atoms with E-state index in [0.29, 0.717) is 28.2 Å². The highest BCUT2D eigenvalue weighted by Gasteiger charge is 2.22. The maximum atomic E-state index is 9.69. The number of aliphatic hydroxyl groups is 1. The summed E-state index contributed by atoms with van der Waals surface area (Å²) in [5.74, 6) is 2.09. The van der Waals surface area contributed by atoms with E-state index in [0.717, 1.165) is 48.2 Å². The van der Waals surface area contributed by atoms with Gasteiger partial charge in [-0.15, -0.1) is 0 Å². The number of rotatable bonds is 8. The summed E-state index contributed by atoms with van der Waals surface area (Å²) in [5.41, 5.74) is 4.00. The molecule has 0 saturated carbocycles. The number of fused-ring (bicyclic) bond motifs is 1. The van der Waals surface area contributed by atoms with Crippen LogP contribution in [0.2, 0.25) is 0 Å². The average Bonchev–Trinajstić information content (AvgIpc) is 2.75. The van der Waals surface area contributed by atoms with E-state index in [9.17, 15) is 5.11 Å². The Balaban J connectivity index is 2.09. The number of nitrogens with zero attached hydrogens (tertiary/aromatic N) is 2. The second kappa shape index (κ2) is 9.45.